The molecule has 3 N–H and O–H groups in total. The number of hydrogen-bond donors (Lipinski definition) is 2. The summed E-state index contributed by atoms with van der Waals surface area (Å²) in [6.07, 6.45) is 2.75. The molecule has 0 aromatic heterocycles. The Balaban J connectivity index is 2.44. The zero-order valence-corrected chi connectivity index (χ0v) is 12.7. The number of amides is 1. The summed E-state index contributed by atoms with van der Waals surface area (Å²) < 4.78 is 0. The maximum atomic E-state index is 11.8. The molecule has 1 aliphatic rings. The fourth-order valence-electron chi connectivity index (χ4n) is 3.11. The van der Waals surface area contributed by atoms with Crippen molar-refractivity contribution >= 4 is 29.2 Å². The van der Waals surface area contributed by atoms with E-state index in [0.29, 0.717) is 35.7 Å². The van der Waals surface area contributed by atoms with Crippen molar-refractivity contribution < 1.29 is 14.7 Å². The van der Waals surface area contributed by atoms with E-state index < -0.39 is 17.4 Å². The van der Waals surface area contributed by atoms with E-state index >= 15 is 0 Å². The second kappa shape index (κ2) is 5.93. The summed E-state index contributed by atoms with van der Waals surface area (Å²) in [4.78, 5) is 24.9. The average Bonchev–Trinajstić information content (AvgIpc) is 2.84. The van der Waals surface area contributed by atoms with Crippen LogP contribution in [0.15, 0.2) is 18.2 Å². The van der Waals surface area contributed by atoms with Crippen molar-refractivity contribution in [1.82, 2.24) is 0 Å². The number of benzene rings is 1. The van der Waals surface area contributed by atoms with Gasteiger partial charge in [-0.3, -0.25) is 4.79 Å². The van der Waals surface area contributed by atoms with Gasteiger partial charge in [0, 0.05) is 12.1 Å². The molecular formula is C15H19ClN2O3. The van der Waals surface area contributed by atoms with Crippen molar-refractivity contribution in [1.29, 1.82) is 0 Å². The maximum absolute atomic E-state index is 11.8. The topological polar surface area (TPSA) is 83.6 Å². The number of carbonyl (C=O) groups excluding carboxylic acids is 1. The summed E-state index contributed by atoms with van der Waals surface area (Å²) >= 11 is 6.24. The number of aliphatic carboxylic acids is 1. The first-order valence-corrected chi connectivity index (χ1v) is 7.40. The number of carboxylic acids is 1. The van der Waals surface area contributed by atoms with E-state index in [0.717, 1.165) is 12.8 Å². The van der Waals surface area contributed by atoms with Crippen LogP contribution in [-0.2, 0) is 4.79 Å². The highest BCUT2D eigenvalue weighted by Gasteiger charge is 2.47. The first-order chi connectivity index (χ1) is 9.92. The molecule has 114 valence electrons. The number of primary amides is 1. The van der Waals surface area contributed by atoms with E-state index in [4.69, 9.17) is 17.3 Å². The molecule has 1 aromatic rings. The Morgan fingerprint density at radius 2 is 2.19 bits per heavy atom. The summed E-state index contributed by atoms with van der Waals surface area (Å²) in [6, 6.07) is 4.76. The van der Waals surface area contributed by atoms with Gasteiger partial charge in [-0.05, 0) is 37.5 Å². The number of anilines is 1. The average molecular weight is 311 g/mol. The SMILES string of the molecule is CCCC1(C(=O)O)CCCN1c1ccc(C(N)=O)cc1Cl. The highest BCUT2D eigenvalue weighted by Crippen LogP contribution is 2.41. The van der Waals surface area contributed by atoms with Gasteiger partial charge in [0.15, 0.2) is 0 Å². The molecule has 1 atom stereocenters. The largest absolute Gasteiger partial charge is 0.479 e. The van der Waals surface area contributed by atoms with Gasteiger partial charge in [0.2, 0.25) is 5.91 Å². The van der Waals surface area contributed by atoms with Crippen LogP contribution in [0.5, 0.6) is 0 Å². The molecule has 1 aromatic carbocycles. The highest BCUT2D eigenvalue weighted by molar-refractivity contribution is 6.33. The second-order valence-electron chi connectivity index (χ2n) is 5.37. The minimum absolute atomic E-state index is 0.319. The third-order valence-corrected chi connectivity index (χ3v) is 4.38. The molecule has 0 radical (unpaired) electrons. The lowest BCUT2D eigenvalue weighted by molar-refractivity contribution is -0.143. The predicted octanol–water partition coefficient (Wildman–Crippen LogP) is 2.66. The van der Waals surface area contributed by atoms with Gasteiger partial charge < -0.3 is 15.7 Å². The number of hydrogen-bond acceptors (Lipinski definition) is 3. The van der Waals surface area contributed by atoms with E-state index in [9.17, 15) is 14.7 Å². The van der Waals surface area contributed by atoms with Crippen LogP contribution in [0, 0.1) is 0 Å². The van der Waals surface area contributed by atoms with Crippen LogP contribution in [0.4, 0.5) is 5.69 Å². The van der Waals surface area contributed by atoms with Crippen molar-refractivity contribution in [3.05, 3.63) is 28.8 Å². The van der Waals surface area contributed by atoms with Crippen molar-refractivity contribution in [2.24, 2.45) is 5.73 Å². The molecule has 5 nitrogen and oxygen atoms in total. The van der Waals surface area contributed by atoms with Crippen LogP contribution < -0.4 is 10.6 Å². The van der Waals surface area contributed by atoms with Crippen molar-refractivity contribution in [2.45, 2.75) is 38.1 Å². The summed E-state index contributed by atoms with van der Waals surface area (Å²) in [5.41, 5.74) is 5.29. The van der Waals surface area contributed by atoms with Crippen LogP contribution in [-0.4, -0.2) is 29.1 Å². The summed E-state index contributed by atoms with van der Waals surface area (Å²) in [7, 11) is 0. The number of carboxylic acid groups (broad SMARTS) is 1. The Bertz CT molecular complexity index is 576. The van der Waals surface area contributed by atoms with Crippen LogP contribution in [0.25, 0.3) is 0 Å². The van der Waals surface area contributed by atoms with E-state index in [1.165, 1.54) is 6.07 Å². The second-order valence-corrected chi connectivity index (χ2v) is 5.78. The third-order valence-electron chi connectivity index (χ3n) is 4.07. The molecule has 1 heterocycles. The molecular weight excluding hydrogens is 292 g/mol. The minimum atomic E-state index is -0.910. The quantitative estimate of drug-likeness (QED) is 0.875. The molecule has 1 saturated heterocycles. The van der Waals surface area contributed by atoms with Crippen LogP contribution in [0.1, 0.15) is 43.0 Å². The normalized spacial score (nSPS) is 21.5. The van der Waals surface area contributed by atoms with Crippen molar-refractivity contribution in [3.8, 4) is 0 Å². The van der Waals surface area contributed by atoms with E-state index in [-0.39, 0.29) is 0 Å². The lowest BCUT2D eigenvalue weighted by Gasteiger charge is -2.37. The Morgan fingerprint density at radius 3 is 2.71 bits per heavy atom. The lowest BCUT2D eigenvalue weighted by atomic mass is 9.90. The number of nitrogens with two attached hydrogens (primary N) is 1. The Hall–Kier alpha value is -1.75. The third kappa shape index (κ3) is 2.70. The molecule has 1 unspecified atom stereocenters. The fraction of sp³-hybridized carbons (Fsp3) is 0.467. The van der Waals surface area contributed by atoms with Gasteiger partial charge >= 0.3 is 5.97 Å². The predicted molar refractivity (Wildman–Crippen MR) is 81.8 cm³/mol. The number of halogens is 1. The summed E-state index contributed by atoms with van der Waals surface area (Å²) in [6.45, 7) is 2.61. The van der Waals surface area contributed by atoms with E-state index in [2.05, 4.69) is 0 Å². The molecule has 1 amide bonds. The molecule has 0 spiro atoms. The minimum Gasteiger partial charge on any atom is -0.479 e. The number of rotatable bonds is 5. The molecule has 0 aliphatic carbocycles. The van der Waals surface area contributed by atoms with Crippen LogP contribution >= 0.6 is 11.6 Å². The molecule has 6 heteroatoms. The van der Waals surface area contributed by atoms with Gasteiger partial charge in [-0.25, -0.2) is 4.79 Å². The van der Waals surface area contributed by atoms with Crippen LogP contribution in [0.2, 0.25) is 5.02 Å². The highest BCUT2D eigenvalue weighted by atomic mass is 35.5. The van der Waals surface area contributed by atoms with E-state index in [1.807, 2.05) is 11.8 Å². The Morgan fingerprint density at radius 1 is 1.48 bits per heavy atom. The first kappa shape index (κ1) is 15.6. The Kier molecular flexibility index (Phi) is 4.42. The van der Waals surface area contributed by atoms with Gasteiger partial charge in [-0.1, -0.05) is 24.9 Å². The molecule has 1 aliphatic heterocycles. The van der Waals surface area contributed by atoms with Gasteiger partial charge in [0.05, 0.1) is 10.7 Å². The molecule has 0 saturated carbocycles. The zero-order chi connectivity index (χ0) is 15.6. The molecule has 0 bridgehead atoms. The summed E-state index contributed by atoms with van der Waals surface area (Å²) in [5.74, 6) is -1.38. The van der Waals surface area contributed by atoms with Crippen molar-refractivity contribution in [2.75, 3.05) is 11.4 Å². The number of nitrogens with zero attached hydrogens (tertiary/aromatic N) is 1. The van der Waals surface area contributed by atoms with Gasteiger partial charge in [-0.2, -0.15) is 0 Å². The van der Waals surface area contributed by atoms with E-state index in [1.54, 1.807) is 12.1 Å². The lowest BCUT2D eigenvalue weighted by Crippen LogP contribution is -2.50. The first-order valence-electron chi connectivity index (χ1n) is 7.03. The molecule has 1 fully saturated rings. The van der Waals surface area contributed by atoms with Gasteiger partial charge in [0.1, 0.15) is 5.54 Å². The Labute approximate surface area is 128 Å². The fourth-order valence-corrected chi connectivity index (χ4v) is 3.39. The monoisotopic (exact) mass is 310 g/mol. The number of carbonyl (C=O) groups is 2. The maximum Gasteiger partial charge on any atom is 0.329 e. The van der Waals surface area contributed by atoms with Gasteiger partial charge in [-0.15, -0.1) is 0 Å². The zero-order valence-electron chi connectivity index (χ0n) is 11.9. The molecule has 2 rings (SSSR count). The molecule has 21 heavy (non-hydrogen) atoms. The van der Waals surface area contributed by atoms with Gasteiger partial charge in [0.25, 0.3) is 0 Å². The summed E-state index contributed by atoms with van der Waals surface area (Å²) in [5, 5.41) is 10.1. The van der Waals surface area contributed by atoms with Crippen LogP contribution in [0.3, 0.4) is 0 Å². The van der Waals surface area contributed by atoms with Crippen molar-refractivity contribution in [3.63, 3.8) is 0 Å². The standard InChI is InChI=1S/C15H19ClN2O3/c1-2-6-15(14(20)21)7-3-8-18(15)12-5-4-10(13(17)19)9-11(12)16/h4-5,9H,2-3,6-8H2,1H3,(H2,17,19)(H,20,21). The smallest absolute Gasteiger partial charge is 0.329 e.